The van der Waals surface area contributed by atoms with Crippen molar-refractivity contribution >= 4 is 54.1 Å². The van der Waals surface area contributed by atoms with Crippen molar-refractivity contribution in [2.24, 2.45) is 0 Å². The number of rotatable bonds is 1. The minimum absolute atomic E-state index is 0.0966. The van der Waals surface area contributed by atoms with Crippen LogP contribution in [0.2, 0.25) is 0 Å². The zero-order valence-corrected chi connectivity index (χ0v) is 22.6. The second-order valence-electron chi connectivity index (χ2n) is 11.8. The Hall–Kier alpha value is -4.88. The summed E-state index contributed by atoms with van der Waals surface area (Å²) in [5.41, 5.74) is 9.21. The fourth-order valence-corrected chi connectivity index (χ4v) is 7.47. The number of fused-ring (bicyclic) bond motifs is 11. The Morgan fingerprint density at radius 3 is 1.90 bits per heavy atom. The quantitative estimate of drug-likeness (QED) is 0.194. The summed E-state index contributed by atoms with van der Waals surface area (Å²) in [6.45, 7) is 4.79. The number of para-hydroxylation sites is 1. The van der Waals surface area contributed by atoms with Crippen LogP contribution in [-0.2, 0) is 5.41 Å². The van der Waals surface area contributed by atoms with Crippen molar-refractivity contribution in [1.29, 1.82) is 0 Å². The first-order valence-corrected chi connectivity index (χ1v) is 14.1. The number of hydrogen-bond donors (Lipinski definition) is 0. The lowest BCUT2D eigenvalue weighted by atomic mass is 9.80. The molecule has 0 N–H and O–H groups in total. The molecular formula is C39H27N. The van der Waals surface area contributed by atoms with E-state index in [9.17, 15) is 0 Å². The van der Waals surface area contributed by atoms with Gasteiger partial charge in [0.1, 0.15) is 0 Å². The Bertz CT molecular complexity index is 2350. The first-order valence-electron chi connectivity index (χ1n) is 14.1. The molecule has 40 heavy (non-hydrogen) atoms. The van der Waals surface area contributed by atoms with E-state index in [4.69, 9.17) is 0 Å². The van der Waals surface area contributed by atoms with Crippen LogP contribution in [0.25, 0.3) is 70.9 Å². The Balaban J connectivity index is 1.38. The summed E-state index contributed by atoms with van der Waals surface area (Å²) in [7, 11) is 0. The van der Waals surface area contributed by atoms with E-state index < -0.39 is 0 Å². The van der Waals surface area contributed by atoms with Gasteiger partial charge in [-0.3, -0.25) is 0 Å². The van der Waals surface area contributed by atoms with Gasteiger partial charge in [-0.05, 0) is 84.9 Å². The second-order valence-corrected chi connectivity index (χ2v) is 11.8. The van der Waals surface area contributed by atoms with Crippen molar-refractivity contribution in [3.05, 3.63) is 139 Å². The highest BCUT2D eigenvalue weighted by atomic mass is 15.0. The predicted molar refractivity (Wildman–Crippen MR) is 171 cm³/mol. The van der Waals surface area contributed by atoms with Crippen LogP contribution < -0.4 is 0 Å². The molecule has 1 aliphatic rings. The lowest BCUT2D eigenvalue weighted by Gasteiger charge is -2.23. The van der Waals surface area contributed by atoms with Gasteiger partial charge in [0.05, 0.1) is 11.0 Å². The zero-order chi connectivity index (χ0) is 26.6. The van der Waals surface area contributed by atoms with Gasteiger partial charge in [-0.25, -0.2) is 0 Å². The molecule has 0 saturated carbocycles. The monoisotopic (exact) mass is 509 g/mol. The van der Waals surface area contributed by atoms with Crippen molar-refractivity contribution in [2.45, 2.75) is 19.3 Å². The summed E-state index contributed by atoms with van der Waals surface area (Å²) in [6, 6.07) is 47.4. The summed E-state index contributed by atoms with van der Waals surface area (Å²) in [5.74, 6) is 0. The van der Waals surface area contributed by atoms with Gasteiger partial charge < -0.3 is 4.57 Å². The van der Waals surface area contributed by atoms with Crippen LogP contribution in [0, 0.1) is 0 Å². The van der Waals surface area contributed by atoms with Gasteiger partial charge in [0, 0.05) is 21.9 Å². The minimum Gasteiger partial charge on any atom is -0.309 e. The van der Waals surface area contributed by atoms with Gasteiger partial charge >= 0.3 is 0 Å². The first kappa shape index (κ1) is 22.0. The molecule has 0 atom stereocenters. The van der Waals surface area contributed by atoms with Gasteiger partial charge in [-0.2, -0.15) is 0 Å². The Kier molecular flexibility index (Phi) is 4.18. The molecule has 7 aromatic carbocycles. The Labute approximate surface area is 232 Å². The topological polar surface area (TPSA) is 4.93 Å². The van der Waals surface area contributed by atoms with Gasteiger partial charge in [0.25, 0.3) is 0 Å². The van der Waals surface area contributed by atoms with E-state index in [0.29, 0.717) is 0 Å². The van der Waals surface area contributed by atoms with Crippen molar-refractivity contribution < 1.29 is 0 Å². The van der Waals surface area contributed by atoms with E-state index in [-0.39, 0.29) is 5.41 Å². The van der Waals surface area contributed by atoms with Gasteiger partial charge in [0.15, 0.2) is 0 Å². The first-order chi connectivity index (χ1) is 19.6. The highest BCUT2D eigenvalue weighted by Gasteiger charge is 2.37. The average Bonchev–Trinajstić information content (AvgIpc) is 3.44. The molecule has 0 radical (unpaired) electrons. The molecule has 0 saturated heterocycles. The van der Waals surface area contributed by atoms with Crippen molar-refractivity contribution in [1.82, 2.24) is 4.57 Å². The fraction of sp³-hybridized carbons (Fsp3) is 0.0769. The smallest absolute Gasteiger partial charge is 0.0544 e. The number of hydrogen-bond acceptors (Lipinski definition) is 0. The number of aromatic nitrogens is 1. The lowest BCUT2D eigenvalue weighted by molar-refractivity contribution is 0.667. The van der Waals surface area contributed by atoms with Crippen molar-refractivity contribution in [2.75, 3.05) is 0 Å². The molecule has 1 heterocycles. The maximum atomic E-state index is 2.48. The van der Waals surface area contributed by atoms with Crippen LogP contribution in [0.1, 0.15) is 25.0 Å². The molecule has 1 heteroatoms. The normalized spacial score (nSPS) is 13.9. The summed E-state index contributed by atoms with van der Waals surface area (Å²) < 4.78 is 2.48. The second kappa shape index (κ2) is 7.61. The maximum Gasteiger partial charge on any atom is 0.0544 e. The fourth-order valence-electron chi connectivity index (χ4n) is 7.47. The maximum absolute atomic E-state index is 2.48. The average molecular weight is 510 g/mol. The summed E-state index contributed by atoms with van der Waals surface area (Å²) >= 11 is 0. The van der Waals surface area contributed by atoms with Crippen LogP contribution >= 0.6 is 0 Å². The highest BCUT2D eigenvalue weighted by molar-refractivity contribution is 6.13. The van der Waals surface area contributed by atoms with Gasteiger partial charge in [0.2, 0.25) is 0 Å². The molecule has 0 aliphatic heterocycles. The van der Waals surface area contributed by atoms with E-state index in [1.165, 1.54) is 82.1 Å². The third-order valence-corrected chi connectivity index (χ3v) is 9.32. The molecule has 0 unspecified atom stereocenters. The standard InChI is InChI=1S/C39H27N/c1-39(2)35-23-37-34(22-33(35)31-20-18-25-10-4-6-12-29(25)38(31)39)30-13-7-8-14-36(30)40(37)27-19-17-26-16-15-24-9-3-5-11-28(24)32(26)21-27/h3-23H,1-2H3. The lowest BCUT2D eigenvalue weighted by Crippen LogP contribution is -2.15. The predicted octanol–water partition coefficient (Wildman–Crippen LogP) is 10.5. The van der Waals surface area contributed by atoms with Gasteiger partial charge in [-0.15, -0.1) is 0 Å². The van der Waals surface area contributed by atoms with E-state index in [0.717, 1.165) is 0 Å². The molecule has 0 fully saturated rings. The zero-order valence-electron chi connectivity index (χ0n) is 22.6. The molecule has 8 aromatic rings. The number of nitrogens with zero attached hydrogens (tertiary/aromatic N) is 1. The third kappa shape index (κ3) is 2.77. The van der Waals surface area contributed by atoms with Crippen molar-refractivity contribution in [3.8, 4) is 16.8 Å². The summed E-state index contributed by atoms with van der Waals surface area (Å²) in [5, 5.41) is 10.4. The van der Waals surface area contributed by atoms with Gasteiger partial charge in [-0.1, -0.05) is 111 Å². The Morgan fingerprint density at radius 1 is 0.450 bits per heavy atom. The van der Waals surface area contributed by atoms with Crippen molar-refractivity contribution in [3.63, 3.8) is 0 Å². The number of benzene rings is 7. The van der Waals surface area contributed by atoms with Crippen LogP contribution in [0.15, 0.2) is 127 Å². The third-order valence-electron chi connectivity index (χ3n) is 9.32. The van der Waals surface area contributed by atoms with Crippen LogP contribution in [-0.4, -0.2) is 4.57 Å². The highest BCUT2D eigenvalue weighted by Crippen LogP contribution is 2.53. The molecule has 188 valence electrons. The molecule has 1 aromatic heterocycles. The largest absolute Gasteiger partial charge is 0.309 e. The van der Waals surface area contributed by atoms with E-state index >= 15 is 0 Å². The minimum atomic E-state index is -0.0966. The molecule has 0 bridgehead atoms. The molecule has 9 rings (SSSR count). The summed E-state index contributed by atoms with van der Waals surface area (Å²) in [6.07, 6.45) is 0. The van der Waals surface area contributed by atoms with Crippen LogP contribution in [0.3, 0.4) is 0 Å². The molecule has 0 spiro atoms. The Morgan fingerprint density at radius 2 is 1.07 bits per heavy atom. The molecule has 0 amide bonds. The molecule has 1 aliphatic carbocycles. The van der Waals surface area contributed by atoms with E-state index in [1.807, 2.05) is 0 Å². The van der Waals surface area contributed by atoms with Crippen LogP contribution in [0.4, 0.5) is 0 Å². The molecule has 1 nitrogen and oxygen atoms in total. The molecular weight excluding hydrogens is 482 g/mol. The summed E-state index contributed by atoms with van der Waals surface area (Å²) in [4.78, 5) is 0. The van der Waals surface area contributed by atoms with E-state index in [2.05, 4.69) is 146 Å². The SMILES string of the molecule is CC1(C)c2cc3c(cc2-c2ccc4ccccc4c21)c1ccccc1n3-c1ccc2ccc3ccccc3c2c1. The van der Waals surface area contributed by atoms with Crippen LogP contribution in [0.5, 0.6) is 0 Å². The van der Waals surface area contributed by atoms with E-state index in [1.54, 1.807) is 0 Å².